The molecule has 0 aromatic heterocycles. The lowest BCUT2D eigenvalue weighted by Gasteiger charge is -2.38. The third-order valence-corrected chi connectivity index (χ3v) is 11.4. The van der Waals surface area contributed by atoms with Gasteiger partial charge >= 0.3 is 6.03 Å². The molecule has 0 saturated carbocycles. The molecule has 6 saturated heterocycles. The van der Waals surface area contributed by atoms with Crippen LogP contribution < -0.4 is 16.0 Å². The van der Waals surface area contributed by atoms with Gasteiger partial charge in [-0.15, -0.1) is 0 Å². The minimum atomic E-state index is -0.214. The molecule has 3 N–H and O–H groups in total. The van der Waals surface area contributed by atoms with Gasteiger partial charge in [0, 0.05) is 53.9 Å². The lowest BCUT2D eigenvalue weighted by molar-refractivity contribution is -0.135. The highest BCUT2D eigenvalue weighted by molar-refractivity contribution is 5.99. The van der Waals surface area contributed by atoms with Gasteiger partial charge in [-0.1, -0.05) is 35.1 Å². The van der Waals surface area contributed by atoms with E-state index in [2.05, 4.69) is 119 Å². The summed E-state index contributed by atoms with van der Waals surface area (Å²) in [5.41, 5.74) is 1.32. The topological polar surface area (TPSA) is 124 Å². The smallest absolute Gasteiger partial charge is 0.317 e. The Morgan fingerprint density at radius 3 is 0.903 bits per heavy atom. The average molecular weight is 884 g/mol. The number of hydrogen-bond donors (Lipinski definition) is 3. The van der Waals surface area contributed by atoms with Crippen molar-refractivity contribution in [3.8, 4) is 0 Å². The minimum Gasteiger partial charge on any atom is -0.354 e. The van der Waals surface area contributed by atoms with Gasteiger partial charge in [0.25, 0.3) is 0 Å². The molecule has 6 aliphatic heterocycles. The third kappa shape index (κ3) is 27.1. The molecule has 13 heteroatoms. The number of urea groups is 1. The quantitative estimate of drug-likeness (QED) is 0.208. The van der Waals surface area contributed by atoms with E-state index >= 15 is 0 Å². The molecule has 0 spiro atoms. The lowest BCUT2D eigenvalue weighted by Crippen LogP contribution is -2.54. The van der Waals surface area contributed by atoms with Crippen LogP contribution in [-0.4, -0.2) is 173 Å². The molecule has 0 radical (unpaired) electrons. The number of imide groups is 1. The number of nitrogens with one attached hydrogen (secondary N) is 3. The summed E-state index contributed by atoms with van der Waals surface area (Å²) in [6.07, 6.45) is 11.3. The van der Waals surface area contributed by atoms with Crippen LogP contribution in [0.1, 0.15) is 178 Å². The molecule has 0 atom stereocenters. The van der Waals surface area contributed by atoms with E-state index in [1.807, 2.05) is 25.7 Å². The number of likely N-dealkylation sites (tertiary alicyclic amines) is 3. The van der Waals surface area contributed by atoms with E-state index < -0.39 is 0 Å². The van der Waals surface area contributed by atoms with Crippen molar-refractivity contribution in [1.82, 2.24) is 45.3 Å². The highest BCUT2D eigenvalue weighted by atomic mass is 16.2. The molecule has 6 heterocycles. The average Bonchev–Trinajstić information content (AvgIpc) is 3.82. The molecular formula is C49H105N9O4. The highest BCUT2D eigenvalue weighted by Crippen LogP contribution is 2.21. The van der Waals surface area contributed by atoms with E-state index in [1.54, 1.807) is 11.9 Å². The molecule has 0 unspecified atom stereocenters. The fraction of sp³-hybridized carbons (Fsp3) is 0.918. The third-order valence-electron chi connectivity index (χ3n) is 11.4. The van der Waals surface area contributed by atoms with Gasteiger partial charge in [-0.2, -0.15) is 0 Å². The molecule has 5 amide bonds. The molecule has 62 heavy (non-hydrogen) atoms. The summed E-state index contributed by atoms with van der Waals surface area (Å²) in [4.78, 5) is 56.4. The number of piperidine rings is 2. The summed E-state index contributed by atoms with van der Waals surface area (Å²) in [6, 6.07) is 0.0625. The van der Waals surface area contributed by atoms with Crippen LogP contribution >= 0.6 is 0 Å². The van der Waals surface area contributed by atoms with Gasteiger partial charge in [-0.05, 0) is 189 Å². The summed E-state index contributed by atoms with van der Waals surface area (Å²) in [6.45, 7) is 45.6. The maximum Gasteiger partial charge on any atom is 0.317 e. The van der Waals surface area contributed by atoms with Crippen molar-refractivity contribution >= 4 is 23.8 Å². The van der Waals surface area contributed by atoms with Gasteiger partial charge in [-0.25, -0.2) is 4.79 Å². The van der Waals surface area contributed by atoms with Gasteiger partial charge in [-0.3, -0.25) is 44.2 Å². The Labute approximate surface area is 384 Å². The standard InChI is InChI=1S/2C9H19N.C8H16N2O.C8H17N.C7H14N2O.C5H8N2O2.3CH4/c2*1-9(2,3)10-7-5-4-6-8-10;1-8(2,3)10-5-4-9-7(11)6-10;1-8(2,3)9-6-4-5-7-9;1-7(2,3)9-5-4-8-6(9)10;1-7-2-4(8)6-5(9)3-7;;;/h2*4-8H2,1-3H3;4-6H2,1-3H3,(H,9,11);4-7H2,1-3H3;4-5H2,1-3H3,(H,8,10);2-3H2,1H3,(H,6,8,9);3*1H4. The summed E-state index contributed by atoms with van der Waals surface area (Å²) >= 11 is 0. The predicted molar refractivity (Wildman–Crippen MR) is 266 cm³/mol. The van der Waals surface area contributed by atoms with Crippen molar-refractivity contribution in [1.29, 1.82) is 0 Å². The van der Waals surface area contributed by atoms with Crippen molar-refractivity contribution in [2.24, 2.45) is 0 Å². The zero-order chi connectivity index (χ0) is 45.2. The second kappa shape index (κ2) is 29.3. The lowest BCUT2D eigenvalue weighted by atomic mass is 10.0. The summed E-state index contributed by atoms with van der Waals surface area (Å²) < 4.78 is 0. The molecule has 13 nitrogen and oxygen atoms in total. The molecular weight excluding hydrogens is 779 g/mol. The molecule has 370 valence electrons. The monoisotopic (exact) mass is 884 g/mol. The fourth-order valence-corrected chi connectivity index (χ4v) is 7.62. The van der Waals surface area contributed by atoms with Crippen molar-refractivity contribution in [2.45, 2.75) is 205 Å². The number of hydrogen-bond acceptors (Lipinski definition) is 9. The zero-order valence-corrected chi connectivity index (χ0v) is 41.2. The van der Waals surface area contributed by atoms with Crippen molar-refractivity contribution in [2.75, 3.05) is 92.1 Å². The Bertz CT molecular complexity index is 1200. The van der Waals surface area contributed by atoms with Crippen molar-refractivity contribution < 1.29 is 19.2 Å². The molecule has 6 rings (SSSR count). The summed E-state index contributed by atoms with van der Waals surface area (Å²) in [5, 5.41) is 7.76. The maximum atomic E-state index is 11.0. The molecule has 0 bridgehead atoms. The minimum absolute atomic E-state index is 0. The van der Waals surface area contributed by atoms with Crippen LogP contribution in [0.4, 0.5) is 4.79 Å². The first kappa shape index (κ1) is 64.0. The van der Waals surface area contributed by atoms with E-state index in [0.717, 1.165) is 26.2 Å². The van der Waals surface area contributed by atoms with E-state index in [9.17, 15) is 19.2 Å². The maximum absolute atomic E-state index is 11.0. The summed E-state index contributed by atoms with van der Waals surface area (Å²) in [5.74, 6) is -0.284. The Morgan fingerprint density at radius 1 is 0.371 bits per heavy atom. The van der Waals surface area contributed by atoms with Crippen LogP contribution in [0.25, 0.3) is 0 Å². The molecule has 0 aromatic rings. The van der Waals surface area contributed by atoms with Gasteiger partial charge in [0.05, 0.1) is 19.6 Å². The molecule has 0 aliphatic carbocycles. The van der Waals surface area contributed by atoms with Gasteiger partial charge in [0.2, 0.25) is 17.7 Å². The number of carbonyl (C=O) groups is 4. The molecule has 6 aliphatic rings. The van der Waals surface area contributed by atoms with Crippen molar-refractivity contribution in [3.63, 3.8) is 0 Å². The summed E-state index contributed by atoms with van der Waals surface area (Å²) in [7, 11) is 1.73. The second-order valence-electron chi connectivity index (χ2n) is 21.9. The number of rotatable bonds is 0. The zero-order valence-electron chi connectivity index (χ0n) is 41.2. The van der Waals surface area contributed by atoms with Gasteiger partial charge in [0.15, 0.2) is 0 Å². The van der Waals surface area contributed by atoms with E-state index in [4.69, 9.17) is 0 Å². The van der Waals surface area contributed by atoms with Gasteiger partial charge < -0.3 is 15.5 Å². The fourth-order valence-electron chi connectivity index (χ4n) is 7.62. The first-order valence-corrected chi connectivity index (χ1v) is 22.9. The van der Waals surface area contributed by atoms with Crippen molar-refractivity contribution in [3.05, 3.63) is 0 Å². The number of piperazine rings is 2. The number of nitrogens with zero attached hydrogens (tertiary/aromatic N) is 6. The molecule has 0 aromatic carbocycles. The number of likely N-dealkylation sites (N-methyl/N-ethyl adjacent to an activating group) is 1. The SMILES string of the molecule is C.C.C.CC(C)(C)N1CCCC1.CC(C)(C)N1CCCCC1.CC(C)(C)N1CCCCC1.CC(C)(C)N1CCNC(=O)C1.CC(C)(C)N1CCNC1=O.CN1CC(=O)NC(=O)C1. The highest BCUT2D eigenvalue weighted by Gasteiger charge is 2.30. The van der Waals surface area contributed by atoms with Crippen LogP contribution in [0.3, 0.4) is 0 Å². The predicted octanol–water partition coefficient (Wildman–Crippen LogP) is 7.93. The first-order valence-electron chi connectivity index (χ1n) is 22.9. The normalized spacial score (nSPS) is 20.9. The molecule has 6 fully saturated rings. The van der Waals surface area contributed by atoms with E-state index in [0.29, 0.717) is 36.3 Å². The second-order valence-corrected chi connectivity index (χ2v) is 21.9. The van der Waals surface area contributed by atoms with Crippen LogP contribution in [0.15, 0.2) is 0 Å². The van der Waals surface area contributed by atoms with Crippen LogP contribution in [0.5, 0.6) is 0 Å². The van der Waals surface area contributed by atoms with Gasteiger partial charge in [0.1, 0.15) is 0 Å². The van der Waals surface area contributed by atoms with Crippen LogP contribution in [-0.2, 0) is 14.4 Å². The Balaban J connectivity index is -0.000000668. The van der Waals surface area contributed by atoms with E-state index in [-0.39, 0.29) is 57.1 Å². The number of amides is 5. The Hall–Kier alpha value is -2.32. The van der Waals surface area contributed by atoms with E-state index in [1.165, 1.54) is 90.6 Å². The Morgan fingerprint density at radius 2 is 0.694 bits per heavy atom. The van der Waals surface area contributed by atoms with Crippen LogP contribution in [0.2, 0.25) is 0 Å². The largest absolute Gasteiger partial charge is 0.354 e. The Kier molecular flexibility index (Phi) is 30.2. The number of carbonyl (C=O) groups excluding carboxylic acids is 4. The van der Waals surface area contributed by atoms with Crippen LogP contribution in [0, 0.1) is 0 Å². The first-order chi connectivity index (χ1) is 27.0.